The summed E-state index contributed by atoms with van der Waals surface area (Å²) in [5.74, 6) is -0.642. The lowest BCUT2D eigenvalue weighted by molar-refractivity contribution is 0.0520. The lowest BCUT2D eigenvalue weighted by Gasteiger charge is -2.10. The van der Waals surface area contributed by atoms with Crippen molar-refractivity contribution in [2.45, 2.75) is 13.8 Å². The second-order valence-corrected chi connectivity index (χ2v) is 7.50. The maximum Gasteiger partial charge on any atom is 0.357 e. The minimum absolute atomic E-state index is 0.119. The Bertz CT molecular complexity index is 1340. The van der Waals surface area contributed by atoms with Gasteiger partial charge in [-0.05, 0) is 26.0 Å². The monoisotopic (exact) mass is 434 g/mol. The van der Waals surface area contributed by atoms with Gasteiger partial charge in [-0.2, -0.15) is 0 Å². The number of nitrogens with one attached hydrogen (secondary N) is 1. The van der Waals surface area contributed by atoms with E-state index < -0.39 is 11.9 Å². The number of para-hydroxylation sites is 1. The fourth-order valence-electron chi connectivity index (χ4n) is 3.15. The van der Waals surface area contributed by atoms with Crippen molar-refractivity contribution in [3.63, 3.8) is 0 Å². The number of benzene rings is 2. The van der Waals surface area contributed by atoms with Crippen molar-refractivity contribution in [3.8, 4) is 11.3 Å². The lowest BCUT2D eigenvalue weighted by atomic mass is 10.0. The molecule has 7 nitrogen and oxygen atoms in total. The van der Waals surface area contributed by atoms with Crippen molar-refractivity contribution in [1.82, 2.24) is 4.98 Å². The van der Waals surface area contributed by atoms with Gasteiger partial charge in [0.25, 0.3) is 5.91 Å². The molecule has 2 aromatic heterocycles. The highest BCUT2D eigenvalue weighted by atomic mass is 32.1. The fraction of sp³-hybridized carbons (Fsp3) is 0.130. The molecule has 0 saturated heterocycles. The third kappa shape index (κ3) is 3.97. The number of aromatic nitrogens is 1. The molecule has 0 atom stereocenters. The van der Waals surface area contributed by atoms with Crippen molar-refractivity contribution >= 4 is 39.3 Å². The number of hydrogen-bond acceptors (Lipinski definition) is 7. The van der Waals surface area contributed by atoms with E-state index in [1.807, 2.05) is 30.3 Å². The van der Waals surface area contributed by atoms with E-state index in [1.165, 1.54) is 5.38 Å². The van der Waals surface area contributed by atoms with Gasteiger partial charge < -0.3 is 9.15 Å². The van der Waals surface area contributed by atoms with E-state index in [4.69, 9.17) is 9.15 Å². The Kier molecular flexibility index (Phi) is 5.64. The number of hydrogen-bond donors (Lipinski definition) is 1. The predicted octanol–water partition coefficient (Wildman–Crippen LogP) is 4.65. The second kappa shape index (κ2) is 8.53. The van der Waals surface area contributed by atoms with Crippen LogP contribution in [0.5, 0.6) is 0 Å². The molecule has 0 aliphatic rings. The standard InChI is InChI=1S/C23H18N2O5S/c1-3-29-22(28)17-12-31-23(24-17)25-21(27)16-11-7-10-15-18(26)13(2)19(30-20(15)16)14-8-5-4-6-9-14/h4-12H,3H2,1-2H3,(H,24,25,27). The van der Waals surface area contributed by atoms with Gasteiger partial charge in [0.05, 0.1) is 17.6 Å². The predicted molar refractivity (Wildman–Crippen MR) is 119 cm³/mol. The van der Waals surface area contributed by atoms with Crippen LogP contribution >= 0.6 is 11.3 Å². The van der Waals surface area contributed by atoms with Crippen LogP contribution in [0.4, 0.5) is 5.13 Å². The van der Waals surface area contributed by atoms with Gasteiger partial charge in [-0.3, -0.25) is 14.9 Å². The maximum atomic E-state index is 13.0. The van der Waals surface area contributed by atoms with Gasteiger partial charge in [-0.15, -0.1) is 11.3 Å². The van der Waals surface area contributed by atoms with E-state index in [-0.39, 0.29) is 34.0 Å². The van der Waals surface area contributed by atoms with Crippen LogP contribution in [-0.2, 0) is 4.74 Å². The highest BCUT2D eigenvalue weighted by Crippen LogP contribution is 2.28. The van der Waals surface area contributed by atoms with Crippen LogP contribution in [0.3, 0.4) is 0 Å². The number of anilines is 1. The van der Waals surface area contributed by atoms with Gasteiger partial charge >= 0.3 is 5.97 Å². The van der Waals surface area contributed by atoms with Crippen molar-refractivity contribution < 1.29 is 18.7 Å². The van der Waals surface area contributed by atoms with E-state index in [0.29, 0.717) is 16.7 Å². The molecule has 1 N–H and O–H groups in total. The normalized spacial score (nSPS) is 10.8. The quantitative estimate of drug-likeness (QED) is 0.459. The smallest absolute Gasteiger partial charge is 0.357 e. The molecular weight excluding hydrogens is 416 g/mol. The highest BCUT2D eigenvalue weighted by molar-refractivity contribution is 7.14. The molecule has 0 aliphatic carbocycles. The molecule has 0 unspecified atom stereocenters. The average Bonchev–Trinajstić information content (AvgIpc) is 3.25. The third-order valence-electron chi connectivity index (χ3n) is 4.63. The fourth-order valence-corrected chi connectivity index (χ4v) is 3.82. The first kappa shape index (κ1) is 20.5. The zero-order valence-corrected chi connectivity index (χ0v) is 17.6. The van der Waals surface area contributed by atoms with E-state index in [0.717, 1.165) is 16.9 Å². The highest BCUT2D eigenvalue weighted by Gasteiger charge is 2.20. The van der Waals surface area contributed by atoms with Gasteiger partial charge in [-0.25, -0.2) is 9.78 Å². The first-order chi connectivity index (χ1) is 15.0. The summed E-state index contributed by atoms with van der Waals surface area (Å²) in [6, 6.07) is 14.1. The van der Waals surface area contributed by atoms with Crippen LogP contribution in [0.1, 0.15) is 33.3 Å². The zero-order chi connectivity index (χ0) is 22.0. The summed E-state index contributed by atoms with van der Waals surface area (Å²) in [5.41, 5.74) is 1.52. The van der Waals surface area contributed by atoms with Gasteiger partial charge in [-0.1, -0.05) is 36.4 Å². The first-order valence-corrected chi connectivity index (χ1v) is 10.4. The van der Waals surface area contributed by atoms with Crippen LogP contribution in [0.2, 0.25) is 0 Å². The molecule has 0 fully saturated rings. The minimum Gasteiger partial charge on any atom is -0.461 e. The summed E-state index contributed by atoms with van der Waals surface area (Å²) < 4.78 is 11.0. The molecule has 1 amide bonds. The van der Waals surface area contributed by atoms with E-state index in [1.54, 1.807) is 32.0 Å². The van der Waals surface area contributed by atoms with Crippen molar-refractivity contribution in [2.24, 2.45) is 0 Å². The number of thiazole rings is 1. The van der Waals surface area contributed by atoms with Crippen LogP contribution in [0, 0.1) is 6.92 Å². The Morgan fingerprint density at radius 1 is 1.13 bits per heavy atom. The molecule has 4 rings (SSSR count). The van der Waals surface area contributed by atoms with E-state index in [9.17, 15) is 14.4 Å². The Labute approximate surface area is 181 Å². The van der Waals surface area contributed by atoms with E-state index in [2.05, 4.69) is 10.3 Å². The van der Waals surface area contributed by atoms with Gasteiger partial charge in [0.2, 0.25) is 0 Å². The summed E-state index contributed by atoms with van der Waals surface area (Å²) >= 11 is 1.10. The number of carbonyl (C=O) groups is 2. The Hall–Kier alpha value is -3.78. The zero-order valence-electron chi connectivity index (χ0n) is 16.8. The van der Waals surface area contributed by atoms with Gasteiger partial charge in [0, 0.05) is 16.5 Å². The number of rotatable bonds is 5. The first-order valence-electron chi connectivity index (χ1n) is 9.55. The number of nitrogens with zero attached hydrogens (tertiary/aromatic N) is 1. The van der Waals surface area contributed by atoms with Crippen molar-refractivity contribution in [2.75, 3.05) is 11.9 Å². The van der Waals surface area contributed by atoms with Crippen LogP contribution in [0.25, 0.3) is 22.3 Å². The molecule has 31 heavy (non-hydrogen) atoms. The summed E-state index contributed by atoms with van der Waals surface area (Å²) in [7, 11) is 0. The average molecular weight is 434 g/mol. The number of esters is 1. The molecule has 2 aromatic carbocycles. The Morgan fingerprint density at radius 3 is 2.65 bits per heavy atom. The summed E-state index contributed by atoms with van der Waals surface area (Å²) in [6.07, 6.45) is 0. The largest absolute Gasteiger partial charge is 0.461 e. The van der Waals surface area contributed by atoms with Crippen LogP contribution in [0.15, 0.2) is 63.1 Å². The van der Waals surface area contributed by atoms with Crippen molar-refractivity contribution in [3.05, 3.63) is 81.0 Å². The molecule has 2 heterocycles. The molecule has 156 valence electrons. The Morgan fingerprint density at radius 2 is 1.90 bits per heavy atom. The topological polar surface area (TPSA) is 98.5 Å². The molecule has 0 aliphatic heterocycles. The number of carbonyl (C=O) groups excluding carboxylic acids is 2. The molecule has 0 bridgehead atoms. The SMILES string of the molecule is CCOC(=O)c1csc(NC(=O)c2cccc3c(=O)c(C)c(-c4ccccc4)oc23)n1. The van der Waals surface area contributed by atoms with Crippen LogP contribution < -0.4 is 10.7 Å². The second-order valence-electron chi connectivity index (χ2n) is 6.65. The molecule has 0 saturated carbocycles. The number of amides is 1. The summed E-state index contributed by atoms with van der Waals surface area (Å²) in [5, 5.41) is 4.72. The Balaban J connectivity index is 1.74. The third-order valence-corrected chi connectivity index (χ3v) is 5.39. The minimum atomic E-state index is -0.557. The van der Waals surface area contributed by atoms with E-state index >= 15 is 0 Å². The van der Waals surface area contributed by atoms with Gasteiger partial charge in [0.1, 0.15) is 5.76 Å². The molecule has 8 heteroatoms. The molecule has 0 radical (unpaired) electrons. The van der Waals surface area contributed by atoms with Crippen molar-refractivity contribution in [1.29, 1.82) is 0 Å². The molecule has 4 aromatic rings. The lowest BCUT2D eigenvalue weighted by Crippen LogP contribution is -2.15. The maximum absolute atomic E-state index is 13.0. The van der Waals surface area contributed by atoms with Crippen LogP contribution in [-0.4, -0.2) is 23.5 Å². The number of ether oxygens (including phenoxy) is 1. The number of fused-ring (bicyclic) bond motifs is 1. The molecular formula is C23H18N2O5S. The van der Waals surface area contributed by atoms with Gasteiger partial charge in [0.15, 0.2) is 21.8 Å². The molecule has 0 spiro atoms. The summed E-state index contributed by atoms with van der Waals surface area (Å²) in [4.78, 5) is 41.8. The summed E-state index contributed by atoms with van der Waals surface area (Å²) in [6.45, 7) is 3.63.